The molecule has 0 bridgehead atoms. The maximum Gasteiger partial charge on any atom is 0.244 e. The number of pyridine rings is 1. The fourth-order valence-electron chi connectivity index (χ4n) is 2.75. The monoisotopic (exact) mass is 318 g/mol. The third kappa shape index (κ3) is 3.67. The molecule has 118 valence electrons. The highest BCUT2D eigenvalue weighted by molar-refractivity contribution is 7.99. The minimum atomic E-state index is 0.262. The van der Waals surface area contributed by atoms with Gasteiger partial charge < -0.3 is 4.52 Å². The molecule has 2 aromatic heterocycles. The van der Waals surface area contributed by atoms with Crippen LogP contribution in [0.25, 0.3) is 11.5 Å². The summed E-state index contributed by atoms with van der Waals surface area (Å²) in [5.74, 6) is 2.46. The van der Waals surface area contributed by atoms with E-state index >= 15 is 0 Å². The predicted molar refractivity (Wildman–Crippen MR) is 88.7 cm³/mol. The van der Waals surface area contributed by atoms with Gasteiger partial charge in [0.05, 0.1) is 6.04 Å². The Morgan fingerprint density at radius 1 is 1.41 bits per heavy atom. The van der Waals surface area contributed by atoms with E-state index in [9.17, 15) is 0 Å². The normalized spacial score (nSPS) is 19.1. The minimum absolute atomic E-state index is 0.262. The maximum absolute atomic E-state index is 5.51. The fraction of sp³-hybridized carbons (Fsp3) is 0.562. The molecule has 6 heteroatoms. The molecule has 0 saturated carbocycles. The van der Waals surface area contributed by atoms with Crippen LogP contribution in [0.3, 0.4) is 0 Å². The van der Waals surface area contributed by atoms with Gasteiger partial charge in [0.15, 0.2) is 0 Å². The van der Waals surface area contributed by atoms with Crippen molar-refractivity contribution in [1.29, 1.82) is 0 Å². The van der Waals surface area contributed by atoms with Gasteiger partial charge in [-0.05, 0) is 36.8 Å². The second-order valence-electron chi connectivity index (χ2n) is 5.78. The van der Waals surface area contributed by atoms with Crippen LogP contribution >= 0.6 is 11.8 Å². The van der Waals surface area contributed by atoms with Gasteiger partial charge in [-0.25, -0.2) is 0 Å². The Bertz CT molecular complexity index is 587. The molecule has 1 aliphatic heterocycles. The van der Waals surface area contributed by atoms with Gasteiger partial charge in [-0.3, -0.25) is 9.88 Å². The zero-order chi connectivity index (χ0) is 15.4. The SMILES string of the molecule is CC(C)SCCN1CCC[C@@H]1c1nc(-c2ccccn2)no1. The quantitative estimate of drug-likeness (QED) is 0.813. The fourth-order valence-corrected chi connectivity index (χ4v) is 3.56. The standard InChI is InChI=1S/C16H22N4OS/c1-12(2)22-11-10-20-9-5-7-14(20)16-18-15(19-21-16)13-6-3-4-8-17-13/h3-4,6,8,12,14H,5,7,9-11H2,1-2H3/t14-/m1/s1. The van der Waals surface area contributed by atoms with Crippen molar-refractivity contribution in [1.82, 2.24) is 20.0 Å². The molecule has 0 spiro atoms. The van der Waals surface area contributed by atoms with E-state index < -0.39 is 0 Å². The minimum Gasteiger partial charge on any atom is -0.337 e. The Morgan fingerprint density at radius 2 is 2.32 bits per heavy atom. The first kappa shape index (κ1) is 15.5. The number of hydrogen-bond donors (Lipinski definition) is 0. The largest absolute Gasteiger partial charge is 0.337 e. The second-order valence-corrected chi connectivity index (χ2v) is 7.47. The van der Waals surface area contributed by atoms with Crippen molar-refractivity contribution in [3.05, 3.63) is 30.3 Å². The molecule has 0 unspecified atom stereocenters. The number of rotatable bonds is 6. The van der Waals surface area contributed by atoms with Crippen LogP contribution in [0.15, 0.2) is 28.9 Å². The smallest absolute Gasteiger partial charge is 0.244 e. The molecule has 1 fully saturated rings. The summed E-state index contributed by atoms with van der Waals surface area (Å²) in [4.78, 5) is 11.3. The van der Waals surface area contributed by atoms with Gasteiger partial charge in [0.2, 0.25) is 11.7 Å². The highest BCUT2D eigenvalue weighted by Crippen LogP contribution is 2.31. The Balaban J connectivity index is 1.67. The Kier molecular flexibility index (Phi) is 5.10. The molecule has 3 heterocycles. The average molecular weight is 318 g/mol. The van der Waals surface area contributed by atoms with Crippen LogP contribution in [-0.2, 0) is 0 Å². The van der Waals surface area contributed by atoms with Crippen molar-refractivity contribution in [2.75, 3.05) is 18.8 Å². The van der Waals surface area contributed by atoms with Crippen molar-refractivity contribution in [3.8, 4) is 11.5 Å². The summed E-state index contributed by atoms with van der Waals surface area (Å²) >= 11 is 2.00. The lowest BCUT2D eigenvalue weighted by molar-refractivity contribution is 0.218. The molecule has 0 radical (unpaired) electrons. The first-order valence-corrected chi connectivity index (χ1v) is 8.89. The van der Waals surface area contributed by atoms with Gasteiger partial charge in [0.1, 0.15) is 5.69 Å². The van der Waals surface area contributed by atoms with E-state index in [0.717, 1.165) is 36.8 Å². The van der Waals surface area contributed by atoms with Gasteiger partial charge in [0, 0.05) is 18.5 Å². The molecule has 1 aliphatic rings. The number of aromatic nitrogens is 3. The first-order valence-electron chi connectivity index (χ1n) is 7.84. The molecule has 0 amide bonds. The molecule has 5 nitrogen and oxygen atoms in total. The predicted octanol–water partition coefficient (Wildman–Crippen LogP) is 3.41. The zero-order valence-electron chi connectivity index (χ0n) is 13.1. The Morgan fingerprint density at radius 3 is 3.09 bits per heavy atom. The number of hydrogen-bond acceptors (Lipinski definition) is 6. The van der Waals surface area contributed by atoms with E-state index in [0.29, 0.717) is 11.1 Å². The third-order valence-corrected chi connectivity index (χ3v) is 4.90. The van der Waals surface area contributed by atoms with Crippen molar-refractivity contribution < 1.29 is 4.52 Å². The lowest BCUT2D eigenvalue weighted by Crippen LogP contribution is -2.26. The lowest BCUT2D eigenvalue weighted by Gasteiger charge is -2.21. The molecule has 22 heavy (non-hydrogen) atoms. The summed E-state index contributed by atoms with van der Waals surface area (Å²) in [5, 5.41) is 4.77. The van der Waals surface area contributed by atoms with E-state index in [1.165, 1.54) is 6.42 Å². The molecule has 2 aromatic rings. The summed E-state index contributed by atoms with van der Waals surface area (Å²) in [6.45, 7) is 6.67. The van der Waals surface area contributed by atoms with Gasteiger partial charge >= 0.3 is 0 Å². The Hall–Kier alpha value is -1.40. The molecule has 1 atom stereocenters. The number of likely N-dealkylation sites (tertiary alicyclic amines) is 1. The van der Waals surface area contributed by atoms with E-state index in [2.05, 4.69) is 33.9 Å². The summed E-state index contributed by atoms with van der Waals surface area (Å²) in [5.41, 5.74) is 0.761. The van der Waals surface area contributed by atoms with Gasteiger partial charge in [0.25, 0.3) is 0 Å². The first-order chi connectivity index (χ1) is 10.7. The Labute approximate surface area is 135 Å². The van der Waals surface area contributed by atoms with Crippen LogP contribution < -0.4 is 0 Å². The average Bonchev–Trinajstić information content (AvgIpc) is 3.16. The molecule has 0 aromatic carbocycles. The topological polar surface area (TPSA) is 55.1 Å². The van der Waals surface area contributed by atoms with Crippen LogP contribution in [0.4, 0.5) is 0 Å². The molecular weight excluding hydrogens is 296 g/mol. The van der Waals surface area contributed by atoms with Crippen LogP contribution in [0.2, 0.25) is 0 Å². The van der Waals surface area contributed by atoms with Gasteiger partial charge in [-0.1, -0.05) is 25.1 Å². The summed E-state index contributed by atoms with van der Waals surface area (Å²) in [7, 11) is 0. The zero-order valence-corrected chi connectivity index (χ0v) is 13.9. The molecule has 0 aliphatic carbocycles. The summed E-state index contributed by atoms with van der Waals surface area (Å²) in [6.07, 6.45) is 4.03. The van der Waals surface area contributed by atoms with Gasteiger partial charge in [-0.15, -0.1) is 0 Å². The number of nitrogens with zero attached hydrogens (tertiary/aromatic N) is 4. The van der Waals surface area contributed by atoms with E-state index in [1.54, 1.807) is 6.20 Å². The maximum atomic E-state index is 5.51. The van der Waals surface area contributed by atoms with Crippen molar-refractivity contribution >= 4 is 11.8 Å². The molecule has 1 saturated heterocycles. The molecular formula is C16H22N4OS. The van der Waals surface area contributed by atoms with E-state index in [1.807, 2.05) is 30.0 Å². The van der Waals surface area contributed by atoms with Gasteiger partial charge in [-0.2, -0.15) is 16.7 Å². The van der Waals surface area contributed by atoms with Crippen LogP contribution in [-0.4, -0.2) is 44.1 Å². The second kappa shape index (κ2) is 7.24. The van der Waals surface area contributed by atoms with Crippen LogP contribution in [0.5, 0.6) is 0 Å². The third-order valence-electron chi connectivity index (χ3n) is 3.81. The highest BCUT2D eigenvalue weighted by atomic mass is 32.2. The lowest BCUT2D eigenvalue weighted by atomic mass is 10.2. The summed E-state index contributed by atoms with van der Waals surface area (Å²) < 4.78 is 5.51. The summed E-state index contributed by atoms with van der Waals surface area (Å²) in [6, 6.07) is 5.98. The number of thioether (sulfide) groups is 1. The van der Waals surface area contributed by atoms with Crippen molar-refractivity contribution in [3.63, 3.8) is 0 Å². The molecule has 0 N–H and O–H groups in total. The van der Waals surface area contributed by atoms with E-state index in [-0.39, 0.29) is 6.04 Å². The highest BCUT2D eigenvalue weighted by Gasteiger charge is 2.30. The molecule has 3 rings (SSSR count). The van der Waals surface area contributed by atoms with Crippen molar-refractivity contribution in [2.45, 2.75) is 38.0 Å². The van der Waals surface area contributed by atoms with Crippen LogP contribution in [0.1, 0.15) is 38.6 Å². The van der Waals surface area contributed by atoms with Crippen LogP contribution in [0, 0.1) is 0 Å². The van der Waals surface area contributed by atoms with Crippen molar-refractivity contribution in [2.24, 2.45) is 0 Å². The van der Waals surface area contributed by atoms with E-state index in [4.69, 9.17) is 4.52 Å².